The Morgan fingerprint density at radius 2 is 1.72 bits per heavy atom. The van der Waals surface area contributed by atoms with E-state index in [1.165, 1.54) is 25.7 Å². The summed E-state index contributed by atoms with van der Waals surface area (Å²) in [7, 11) is 1.10. The van der Waals surface area contributed by atoms with Gasteiger partial charge in [0.1, 0.15) is 5.82 Å². The Kier molecular flexibility index (Phi) is 5.58. The van der Waals surface area contributed by atoms with E-state index in [0.717, 1.165) is 38.4 Å². The molecule has 29 heavy (non-hydrogen) atoms. The van der Waals surface area contributed by atoms with Gasteiger partial charge in [0.05, 0.1) is 18.1 Å². The molecule has 0 aromatic heterocycles. The van der Waals surface area contributed by atoms with Gasteiger partial charge in [-0.15, -0.1) is 0 Å². The van der Waals surface area contributed by atoms with Crippen molar-refractivity contribution in [1.29, 1.82) is 0 Å². The summed E-state index contributed by atoms with van der Waals surface area (Å²) in [5.41, 5.74) is -0.0458. The summed E-state index contributed by atoms with van der Waals surface area (Å²) >= 11 is 0. The first-order valence-corrected chi connectivity index (χ1v) is 10.6. The number of halogens is 3. The molecule has 5 heteroatoms. The highest BCUT2D eigenvalue weighted by Gasteiger charge is 2.36. The van der Waals surface area contributed by atoms with Gasteiger partial charge in [0.2, 0.25) is 0 Å². The van der Waals surface area contributed by atoms with Gasteiger partial charge in [0.15, 0.2) is 11.6 Å². The highest BCUT2D eigenvalue weighted by Crippen LogP contribution is 2.49. The van der Waals surface area contributed by atoms with Gasteiger partial charge in [-0.3, -0.25) is 0 Å². The molecule has 2 aliphatic carbocycles. The minimum Gasteiger partial charge on any atom is -0.465 e. The van der Waals surface area contributed by atoms with E-state index in [-0.39, 0.29) is 16.7 Å². The van der Waals surface area contributed by atoms with Crippen molar-refractivity contribution in [2.75, 3.05) is 7.11 Å². The van der Waals surface area contributed by atoms with Gasteiger partial charge in [-0.1, -0.05) is 31.9 Å². The van der Waals surface area contributed by atoms with Gasteiger partial charge in [-0.2, -0.15) is 0 Å². The zero-order valence-electron chi connectivity index (χ0n) is 16.9. The quantitative estimate of drug-likeness (QED) is 0.529. The van der Waals surface area contributed by atoms with Crippen LogP contribution in [0.15, 0.2) is 18.2 Å². The van der Waals surface area contributed by atoms with Crippen LogP contribution in [0.25, 0.3) is 10.8 Å². The first-order chi connectivity index (χ1) is 13.9. The van der Waals surface area contributed by atoms with Crippen molar-refractivity contribution in [1.82, 2.24) is 0 Å². The fourth-order valence-corrected chi connectivity index (χ4v) is 5.61. The third-order valence-electron chi connectivity index (χ3n) is 7.30. The fraction of sp³-hybridized carbons (Fsp3) is 0.542. The van der Waals surface area contributed by atoms with Crippen LogP contribution >= 0.6 is 0 Å². The lowest BCUT2D eigenvalue weighted by molar-refractivity contribution is 0.0594. The molecule has 2 saturated carbocycles. The first-order valence-electron chi connectivity index (χ1n) is 10.6. The summed E-state index contributed by atoms with van der Waals surface area (Å²) in [6.45, 7) is 2.25. The van der Waals surface area contributed by atoms with Crippen molar-refractivity contribution < 1.29 is 22.7 Å². The molecule has 2 aromatic rings. The Hall–Kier alpha value is -2.04. The van der Waals surface area contributed by atoms with Crippen molar-refractivity contribution in [2.24, 2.45) is 17.8 Å². The van der Waals surface area contributed by atoms with Crippen LogP contribution in [-0.4, -0.2) is 13.1 Å². The van der Waals surface area contributed by atoms with Crippen LogP contribution in [0.1, 0.15) is 73.7 Å². The molecule has 0 spiro atoms. The van der Waals surface area contributed by atoms with Crippen molar-refractivity contribution in [2.45, 2.75) is 57.8 Å². The zero-order valence-corrected chi connectivity index (χ0v) is 16.9. The van der Waals surface area contributed by atoms with E-state index >= 15 is 4.39 Å². The van der Waals surface area contributed by atoms with Crippen LogP contribution in [0.4, 0.5) is 13.2 Å². The summed E-state index contributed by atoms with van der Waals surface area (Å²) in [4.78, 5) is 11.7. The average Bonchev–Trinajstić information content (AvgIpc) is 2.74. The van der Waals surface area contributed by atoms with Crippen LogP contribution in [0, 0.1) is 35.2 Å². The Bertz CT molecular complexity index is 940. The molecular weight excluding hydrogens is 377 g/mol. The molecule has 4 rings (SSSR count). The number of methoxy groups -OCH3 is 1. The van der Waals surface area contributed by atoms with Crippen LogP contribution in [0.5, 0.6) is 0 Å². The summed E-state index contributed by atoms with van der Waals surface area (Å²) < 4.78 is 48.9. The second-order valence-corrected chi connectivity index (χ2v) is 8.73. The van der Waals surface area contributed by atoms with E-state index in [9.17, 15) is 13.6 Å². The second kappa shape index (κ2) is 8.00. The lowest BCUT2D eigenvalue weighted by Crippen LogP contribution is -2.30. The van der Waals surface area contributed by atoms with E-state index < -0.39 is 29.0 Å². The fourth-order valence-electron chi connectivity index (χ4n) is 5.61. The van der Waals surface area contributed by atoms with E-state index in [2.05, 4.69) is 11.7 Å². The van der Waals surface area contributed by atoms with Crippen molar-refractivity contribution in [3.63, 3.8) is 0 Å². The van der Waals surface area contributed by atoms with Gasteiger partial charge in [-0.25, -0.2) is 18.0 Å². The normalized spacial score (nSPS) is 26.9. The molecule has 0 aliphatic heterocycles. The van der Waals surface area contributed by atoms with Gasteiger partial charge in [0.25, 0.3) is 0 Å². The number of ether oxygens (including phenoxy) is 1. The van der Waals surface area contributed by atoms with E-state index in [1.807, 2.05) is 0 Å². The molecule has 2 aliphatic rings. The summed E-state index contributed by atoms with van der Waals surface area (Å²) in [6, 6.07) is 4.43. The second-order valence-electron chi connectivity index (χ2n) is 8.73. The Balaban J connectivity index is 1.66. The molecule has 0 N–H and O–H groups in total. The Labute approximate surface area is 169 Å². The molecule has 0 amide bonds. The average molecular weight is 404 g/mol. The van der Waals surface area contributed by atoms with E-state index in [1.54, 1.807) is 12.1 Å². The SMILES string of the molecule is CCC1CCC2CC(c3ccc4cc(C(=O)OC)c(F)c(F)c4c3F)CCC2C1. The van der Waals surface area contributed by atoms with Gasteiger partial charge in [-0.05, 0) is 72.8 Å². The zero-order chi connectivity index (χ0) is 20.7. The number of rotatable bonds is 3. The maximum atomic E-state index is 15.3. The maximum Gasteiger partial charge on any atom is 0.340 e. The highest BCUT2D eigenvalue weighted by molar-refractivity contribution is 5.96. The van der Waals surface area contributed by atoms with Crippen LogP contribution in [0.3, 0.4) is 0 Å². The molecule has 2 aromatic carbocycles. The topological polar surface area (TPSA) is 26.3 Å². The van der Waals surface area contributed by atoms with Crippen LogP contribution in [0.2, 0.25) is 0 Å². The Morgan fingerprint density at radius 1 is 1.00 bits per heavy atom. The number of esters is 1. The third kappa shape index (κ3) is 3.53. The predicted octanol–water partition coefficient (Wildman–Crippen LogP) is 6.75. The van der Waals surface area contributed by atoms with Gasteiger partial charge < -0.3 is 4.74 Å². The van der Waals surface area contributed by atoms with Crippen LogP contribution in [-0.2, 0) is 4.74 Å². The molecule has 4 unspecified atom stereocenters. The first kappa shape index (κ1) is 20.2. The number of carbonyl (C=O) groups is 1. The number of benzene rings is 2. The number of fused-ring (bicyclic) bond motifs is 2. The molecule has 0 heterocycles. The summed E-state index contributed by atoms with van der Waals surface area (Å²) in [6.07, 6.45) is 7.77. The number of hydrogen-bond acceptors (Lipinski definition) is 2. The molecule has 4 atom stereocenters. The molecule has 2 fully saturated rings. The summed E-state index contributed by atoms with van der Waals surface area (Å²) in [5.74, 6) is -2.20. The van der Waals surface area contributed by atoms with Crippen LogP contribution < -0.4 is 0 Å². The van der Waals surface area contributed by atoms with E-state index in [4.69, 9.17) is 0 Å². The third-order valence-corrected chi connectivity index (χ3v) is 7.30. The lowest BCUT2D eigenvalue weighted by atomic mass is 9.63. The summed E-state index contributed by atoms with van der Waals surface area (Å²) in [5, 5.41) is -0.202. The van der Waals surface area contributed by atoms with Crippen molar-refractivity contribution in [3.8, 4) is 0 Å². The minimum atomic E-state index is -1.36. The lowest BCUT2D eigenvalue weighted by Gasteiger charge is -2.42. The smallest absolute Gasteiger partial charge is 0.340 e. The van der Waals surface area contributed by atoms with Gasteiger partial charge in [0, 0.05) is 0 Å². The monoisotopic (exact) mass is 404 g/mol. The molecule has 0 radical (unpaired) electrons. The van der Waals surface area contributed by atoms with Crippen molar-refractivity contribution >= 4 is 16.7 Å². The minimum absolute atomic E-state index is 0.0292. The number of carbonyl (C=O) groups excluding carboxylic acids is 1. The number of hydrogen-bond donors (Lipinski definition) is 0. The van der Waals surface area contributed by atoms with Crippen molar-refractivity contribution in [3.05, 3.63) is 46.8 Å². The largest absolute Gasteiger partial charge is 0.465 e. The van der Waals surface area contributed by atoms with Gasteiger partial charge >= 0.3 is 5.97 Å². The molecular formula is C24H27F3O2. The Morgan fingerprint density at radius 3 is 2.45 bits per heavy atom. The standard InChI is InChI=1S/C24H27F3O2/c1-3-13-4-5-15-11-16(7-6-14(15)10-13)18-9-8-17-12-19(24(28)29-2)22(26)23(27)20(17)21(18)25/h8-9,12-16H,3-7,10-11H2,1-2H3. The molecule has 156 valence electrons. The molecule has 2 nitrogen and oxygen atoms in total. The molecule has 0 saturated heterocycles. The maximum absolute atomic E-state index is 15.3. The predicted molar refractivity (Wildman–Crippen MR) is 106 cm³/mol. The van der Waals surface area contributed by atoms with E-state index in [0.29, 0.717) is 17.4 Å². The molecule has 0 bridgehead atoms. The highest BCUT2D eigenvalue weighted by atomic mass is 19.2.